The van der Waals surface area contributed by atoms with Crippen molar-refractivity contribution < 1.29 is 9.53 Å². The van der Waals surface area contributed by atoms with Crippen LogP contribution < -0.4 is 5.32 Å². The fourth-order valence-electron chi connectivity index (χ4n) is 4.15. The second-order valence-electron chi connectivity index (χ2n) is 7.56. The zero-order valence-electron chi connectivity index (χ0n) is 14.3. The second-order valence-corrected chi connectivity index (χ2v) is 7.56. The molecule has 2 aliphatic rings. The van der Waals surface area contributed by atoms with Crippen molar-refractivity contribution in [2.75, 3.05) is 20.2 Å². The Hall–Kier alpha value is -0.610. The number of rotatable bonds is 5. The highest BCUT2D eigenvalue weighted by atomic mass is 16.5. The largest absolute Gasteiger partial charge is 0.468 e. The molecule has 3 atom stereocenters. The summed E-state index contributed by atoms with van der Waals surface area (Å²) >= 11 is 0. The summed E-state index contributed by atoms with van der Waals surface area (Å²) in [5.74, 6) is 1.49. The van der Waals surface area contributed by atoms with Crippen LogP contribution in [0.4, 0.5) is 0 Å². The third-order valence-electron chi connectivity index (χ3n) is 5.34. The number of ether oxygens (including phenoxy) is 1. The number of carbonyl (C=O) groups is 1. The van der Waals surface area contributed by atoms with Crippen molar-refractivity contribution in [3.63, 3.8) is 0 Å². The van der Waals surface area contributed by atoms with Gasteiger partial charge < -0.3 is 9.64 Å². The van der Waals surface area contributed by atoms with Gasteiger partial charge in [0.2, 0.25) is 0 Å². The van der Waals surface area contributed by atoms with Crippen molar-refractivity contribution in [3.8, 4) is 0 Å². The minimum Gasteiger partial charge on any atom is -0.468 e. The number of nitrogens with zero attached hydrogens (tertiary/aromatic N) is 1. The molecule has 0 bridgehead atoms. The van der Waals surface area contributed by atoms with E-state index in [4.69, 9.17) is 4.74 Å². The van der Waals surface area contributed by atoms with Gasteiger partial charge in [-0.3, -0.25) is 10.1 Å². The van der Waals surface area contributed by atoms with E-state index in [1.807, 2.05) is 0 Å². The van der Waals surface area contributed by atoms with Crippen molar-refractivity contribution in [1.29, 1.82) is 0 Å². The van der Waals surface area contributed by atoms with E-state index >= 15 is 0 Å². The second kappa shape index (κ2) is 6.66. The van der Waals surface area contributed by atoms with Gasteiger partial charge in [0.1, 0.15) is 5.54 Å². The van der Waals surface area contributed by atoms with Crippen LogP contribution in [-0.4, -0.2) is 48.7 Å². The van der Waals surface area contributed by atoms with Gasteiger partial charge in [-0.25, -0.2) is 0 Å². The van der Waals surface area contributed by atoms with Gasteiger partial charge in [0.05, 0.1) is 7.11 Å². The first-order valence-electron chi connectivity index (χ1n) is 8.48. The molecule has 122 valence electrons. The maximum Gasteiger partial charge on any atom is 0.326 e. The Balaban J connectivity index is 2.01. The molecule has 21 heavy (non-hydrogen) atoms. The lowest BCUT2D eigenvalue weighted by Crippen LogP contribution is -2.54. The fourth-order valence-corrected chi connectivity index (χ4v) is 4.15. The van der Waals surface area contributed by atoms with Crippen LogP contribution in [-0.2, 0) is 9.53 Å². The molecule has 4 heteroatoms. The summed E-state index contributed by atoms with van der Waals surface area (Å²) in [5, 5.41) is 3.49. The molecule has 4 nitrogen and oxygen atoms in total. The van der Waals surface area contributed by atoms with Crippen molar-refractivity contribution >= 4 is 5.97 Å². The Morgan fingerprint density at radius 2 is 2.00 bits per heavy atom. The zero-order valence-corrected chi connectivity index (χ0v) is 14.3. The molecule has 1 saturated carbocycles. The van der Waals surface area contributed by atoms with E-state index in [2.05, 4.69) is 37.9 Å². The first-order chi connectivity index (χ1) is 9.88. The molecule has 1 heterocycles. The predicted molar refractivity (Wildman–Crippen MR) is 85.2 cm³/mol. The minimum atomic E-state index is -0.469. The van der Waals surface area contributed by atoms with Gasteiger partial charge in [-0.1, -0.05) is 13.8 Å². The van der Waals surface area contributed by atoms with E-state index in [0.717, 1.165) is 31.1 Å². The number of hydrogen-bond donors (Lipinski definition) is 1. The summed E-state index contributed by atoms with van der Waals surface area (Å²) in [7, 11) is 1.50. The molecule has 1 saturated heterocycles. The van der Waals surface area contributed by atoms with Crippen molar-refractivity contribution in [2.45, 2.75) is 71.0 Å². The average molecular weight is 296 g/mol. The summed E-state index contributed by atoms with van der Waals surface area (Å²) < 4.78 is 5.09. The van der Waals surface area contributed by atoms with Gasteiger partial charge in [0.15, 0.2) is 0 Å². The molecular formula is C17H32N2O2. The molecule has 3 unspecified atom stereocenters. The van der Waals surface area contributed by atoms with E-state index in [1.54, 1.807) is 0 Å². The number of carbonyl (C=O) groups excluding carboxylic acids is 1. The highest BCUT2D eigenvalue weighted by Crippen LogP contribution is 2.37. The molecule has 1 N–H and O–H groups in total. The molecule has 2 rings (SSSR count). The first kappa shape index (κ1) is 16.8. The molecule has 2 fully saturated rings. The highest BCUT2D eigenvalue weighted by Gasteiger charge is 2.48. The zero-order chi connectivity index (χ0) is 15.6. The van der Waals surface area contributed by atoms with Crippen molar-refractivity contribution in [2.24, 2.45) is 11.8 Å². The van der Waals surface area contributed by atoms with E-state index in [-0.39, 0.29) is 5.97 Å². The lowest BCUT2D eigenvalue weighted by atomic mass is 9.95. The lowest BCUT2D eigenvalue weighted by molar-refractivity contribution is -0.149. The van der Waals surface area contributed by atoms with Gasteiger partial charge in [-0.2, -0.15) is 0 Å². The topological polar surface area (TPSA) is 41.6 Å². The smallest absolute Gasteiger partial charge is 0.326 e. The van der Waals surface area contributed by atoms with E-state index in [0.29, 0.717) is 12.1 Å². The van der Waals surface area contributed by atoms with Crippen LogP contribution in [0.25, 0.3) is 0 Å². The Bertz CT molecular complexity index is 370. The van der Waals surface area contributed by atoms with Crippen LogP contribution in [0.3, 0.4) is 0 Å². The number of methoxy groups -OCH3 is 1. The molecule has 1 aliphatic carbocycles. The van der Waals surface area contributed by atoms with E-state index in [1.165, 1.54) is 26.6 Å². The van der Waals surface area contributed by atoms with Gasteiger partial charge in [0.25, 0.3) is 0 Å². The third kappa shape index (κ3) is 3.59. The van der Waals surface area contributed by atoms with Crippen molar-refractivity contribution in [3.05, 3.63) is 0 Å². The van der Waals surface area contributed by atoms with Crippen LogP contribution >= 0.6 is 0 Å². The van der Waals surface area contributed by atoms with Crippen LogP contribution in [0.1, 0.15) is 53.4 Å². The van der Waals surface area contributed by atoms with E-state index in [9.17, 15) is 4.79 Å². The fraction of sp³-hybridized carbons (Fsp3) is 0.941. The molecule has 0 spiro atoms. The average Bonchev–Trinajstić information content (AvgIpc) is 3.04. The quantitative estimate of drug-likeness (QED) is 0.791. The number of nitrogens with one attached hydrogen (secondary N) is 1. The van der Waals surface area contributed by atoms with Crippen LogP contribution in [0.2, 0.25) is 0 Å². The summed E-state index contributed by atoms with van der Waals surface area (Å²) in [6, 6.07) is 0.823. The molecule has 1 aliphatic heterocycles. The molecule has 0 aromatic heterocycles. The van der Waals surface area contributed by atoms with Crippen LogP contribution in [0.15, 0.2) is 0 Å². The number of hydrogen-bond acceptors (Lipinski definition) is 4. The van der Waals surface area contributed by atoms with Crippen LogP contribution in [0.5, 0.6) is 0 Å². The lowest BCUT2D eigenvalue weighted by Gasteiger charge is -2.31. The molecular weight excluding hydrogens is 264 g/mol. The number of esters is 1. The summed E-state index contributed by atoms with van der Waals surface area (Å²) in [6.07, 6.45) is 4.19. The molecule has 0 amide bonds. The Morgan fingerprint density at radius 3 is 2.52 bits per heavy atom. The molecule has 0 radical (unpaired) electrons. The summed E-state index contributed by atoms with van der Waals surface area (Å²) in [6.45, 7) is 11.2. The monoisotopic (exact) mass is 296 g/mol. The summed E-state index contributed by atoms with van der Waals surface area (Å²) in [5.41, 5.74) is -0.469. The van der Waals surface area contributed by atoms with E-state index < -0.39 is 5.54 Å². The van der Waals surface area contributed by atoms with Gasteiger partial charge in [0, 0.05) is 18.6 Å². The minimum absolute atomic E-state index is 0.0849. The SMILES string of the molecule is COC(=O)C1(NC(C)C)CCC(N2CCC(C(C)C)C2)C1. The Labute approximate surface area is 129 Å². The summed E-state index contributed by atoms with van der Waals surface area (Å²) in [4.78, 5) is 14.9. The van der Waals surface area contributed by atoms with Crippen LogP contribution in [0, 0.1) is 11.8 Å². The molecule has 0 aromatic rings. The van der Waals surface area contributed by atoms with Gasteiger partial charge in [-0.15, -0.1) is 0 Å². The Kier molecular flexibility index (Phi) is 5.31. The predicted octanol–water partition coefficient (Wildman–Crippen LogP) is 2.43. The molecule has 0 aromatic carbocycles. The van der Waals surface area contributed by atoms with Crippen molar-refractivity contribution in [1.82, 2.24) is 10.2 Å². The standard InChI is InChI=1S/C17H32N2O2/c1-12(2)14-7-9-19(11-14)15-6-8-17(10-15,16(20)21-5)18-13(3)4/h12-15,18H,6-11H2,1-5H3. The Morgan fingerprint density at radius 1 is 1.29 bits per heavy atom. The first-order valence-corrected chi connectivity index (χ1v) is 8.48. The van der Waals surface area contributed by atoms with Gasteiger partial charge in [-0.05, 0) is 57.9 Å². The van der Waals surface area contributed by atoms with Gasteiger partial charge >= 0.3 is 5.97 Å². The normalized spacial score (nSPS) is 34.0. The third-order valence-corrected chi connectivity index (χ3v) is 5.34. The maximum absolute atomic E-state index is 12.3. The highest BCUT2D eigenvalue weighted by molar-refractivity contribution is 5.81. The maximum atomic E-state index is 12.3. The number of likely N-dealkylation sites (tertiary alicyclic amines) is 1.